The second kappa shape index (κ2) is 9.02. The van der Waals surface area contributed by atoms with E-state index in [1.807, 2.05) is 22.0 Å². The van der Waals surface area contributed by atoms with Crippen molar-refractivity contribution in [2.75, 3.05) is 13.1 Å². The first-order valence-corrected chi connectivity index (χ1v) is 9.77. The van der Waals surface area contributed by atoms with E-state index in [-0.39, 0.29) is 17.7 Å². The molecule has 0 aromatic carbocycles. The van der Waals surface area contributed by atoms with E-state index in [9.17, 15) is 9.59 Å². The van der Waals surface area contributed by atoms with Crippen LogP contribution in [-0.4, -0.2) is 45.4 Å². The molecule has 1 saturated heterocycles. The molecule has 0 radical (unpaired) electrons. The molecule has 6 heteroatoms. The molecule has 25 heavy (non-hydrogen) atoms. The van der Waals surface area contributed by atoms with Crippen molar-refractivity contribution in [3.63, 3.8) is 0 Å². The van der Waals surface area contributed by atoms with Crippen molar-refractivity contribution in [2.45, 2.75) is 70.4 Å². The number of hydrogen-bond donors (Lipinski definition) is 1. The fourth-order valence-corrected chi connectivity index (χ4v) is 4.02. The van der Waals surface area contributed by atoms with Crippen molar-refractivity contribution in [3.05, 3.63) is 18.7 Å². The van der Waals surface area contributed by atoms with Gasteiger partial charge in [-0.2, -0.15) is 0 Å². The van der Waals surface area contributed by atoms with Crippen LogP contribution in [0.25, 0.3) is 0 Å². The topological polar surface area (TPSA) is 67.2 Å². The van der Waals surface area contributed by atoms with Gasteiger partial charge in [0, 0.05) is 44.5 Å². The zero-order chi connectivity index (χ0) is 17.5. The molecule has 2 heterocycles. The van der Waals surface area contributed by atoms with Gasteiger partial charge in [-0.05, 0) is 25.7 Å². The molecule has 2 amide bonds. The second-order valence-electron chi connectivity index (χ2n) is 7.39. The zero-order valence-corrected chi connectivity index (χ0v) is 15.0. The Balaban J connectivity index is 1.36. The van der Waals surface area contributed by atoms with Crippen molar-refractivity contribution in [2.24, 2.45) is 5.92 Å². The molecule has 1 unspecified atom stereocenters. The van der Waals surface area contributed by atoms with Gasteiger partial charge in [-0.3, -0.25) is 9.59 Å². The molecule has 3 rings (SSSR count). The van der Waals surface area contributed by atoms with E-state index >= 15 is 0 Å². The Hall–Kier alpha value is -1.85. The summed E-state index contributed by atoms with van der Waals surface area (Å²) in [4.78, 5) is 30.7. The van der Waals surface area contributed by atoms with Crippen LogP contribution >= 0.6 is 0 Å². The number of nitrogens with one attached hydrogen (secondary N) is 1. The molecule has 1 aromatic rings. The summed E-state index contributed by atoms with van der Waals surface area (Å²) in [7, 11) is 0. The Morgan fingerprint density at radius 2 is 2.00 bits per heavy atom. The number of unbranched alkanes of at least 4 members (excludes halogenated alkanes) is 1. The van der Waals surface area contributed by atoms with E-state index in [2.05, 4.69) is 10.3 Å². The average molecular weight is 346 g/mol. The number of carbonyl (C=O) groups excluding carboxylic acids is 2. The minimum Gasteiger partial charge on any atom is -0.356 e. The largest absolute Gasteiger partial charge is 0.356 e. The van der Waals surface area contributed by atoms with Gasteiger partial charge in [-0.25, -0.2) is 4.98 Å². The Bertz CT molecular complexity index is 550. The minimum atomic E-state index is -0.163. The van der Waals surface area contributed by atoms with Gasteiger partial charge in [-0.15, -0.1) is 0 Å². The third-order valence-electron chi connectivity index (χ3n) is 5.50. The van der Waals surface area contributed by atoms with Gasteiger partial charge < -0.3 is 14.8 Å². The lowest BCUT2D eigenvalue weighted by molar-refractivity contribution is -0.130. The normalized spacial score (nSPS) is 22.2. The maximum Gasteiger partial charge on any atom is 0.225 e. The highest BCUT2D eigenvalue weighted by atomic mass is 16.2. The second-order valence-corrected chi connectivity index (χ2v) is 7.39. The molecule has 2 fully saturated rings. The molecule has 1 N–H and O–H groups in total. The van der Waals surface area contributed by atoms with E-state index < -0.39 is 0 Å². The van der Waals surface area contributed by atoms with Crippen molar-refractivity contribution in [3.8, 4) is 0 Å². The van der Waals surface area contributed by atoms with E-state index in [1.165, 1.54) is 25.7 Å². The predicted molar refractivity (Wildman–Crippen MR) is 95.8 cm³/mol. The van der Waals surface area contributed by atoms with Crippen LogP contribution in [0.5, 0.6) is 0 Å². The van der Waals surface area contributed by atoms with Crippen LogP contribution < -0.4 is 5.32 Å². The Labute approximate surface area is 150 Å². The van der Waals surface area contributed by atoms with Gasteiger partial charge in [0.25, 0.3) is 0 Å². The van der Waals surface area contributed by atoms with Gasteiger partial charge in [0.2, 0.25) is 11.8 Å². The van der Waals surface area contributed by atoms with Crippen molar-refractivity contribution in [1.82, 2.24) is 19.8 Å². The van der Waals surface area contributed by atoms with Crippen LogP contribution in [-0.2, 0) is 16.1 Å². The number of likely N-dealkylation sites (tertiary alicyclic amines) is 1. The third-order valence-corrected chi connectivity index (χ3v) is 5.50. The van der Waals surface area contributed by atoms with E-state index in [0.29, 0.717) is 25.6 Å². The first-order valence-electron chi connectivity index (χ1n) is 9.77. The summed E-state index contributed by atoms with van der Waals surface area (Å²) in [5, 5.41) is 3.02. The van der Waals surface area contributed by atoms with E-state index in [4.69, 9.17) is 0 Å². The zero-order valence-electron chi connectivity index (χ0n) is 15.0. The monoisotopic (exact) mass is 346 g/mol. The van der Waals surface area contributed by atoms with Crippen LogP contribution in [0, 0.1) is 5.92 Å². The summed E-state index contributed by atoms with van der Waals surface area (Å²) in [5.74, 6) is 0.0589. The van der Waals surface area contributed by atoms with Gasteiger partial charge in [0.05, 0.1) is 12.2 Å². The Morgan fingerprint density at radius 3 is 2.72 bits per heavy atom. The number of imidazole rings is 1. The van der Waals surface area contributed by atoms with Crippen molar-refractivity contribution >= 4 is 11.8 Å². The number of rotatable bonds is 7. The maximum atomic E-state index is 12.4. The summed E-state index contributed by atoms with van der Waals surface area (Å²) in [6.07, 6.45) is 15.1. The third kappa shape index (κ3) is 5.06. The molecule has 0 spiro atoms. The molecule has 2 aliphatic rings. The molecular weight excluding hydrogens is 316 g/mol. The molecule has 1 saturated carbocycles. The predicted octanol–water partition coefficient (Wildman–Crippen LogP) is 2.35. The standard InChI is InChI=1S/C19H30N4O2/c24-18-13-16(14-23(18)17-7-3-1-2-4-8-17)19(25)21-9-5-6-11-22-12-10-20-15-22/h10,12,15-17H,1-9,11,13-14H2,(H,21,25). The number of aromatic nitrogens is 2. The van der Waals surface area contributed by atoms with Crippen LogP contribution in [0.2, 0.25) is 0 Å². The molecule has 1 aromatic heterocycles. The van der Waals surface area contributed by atoms with E-state index in [0.717, 1.165) is 32.2 Å². The van der Waals surface area contributed by atoms with E-state index in [1.54, 1.807) is 6.20 Å². The summed E-state index contributed by atoms with van der Waals surface area (Å²) in [6.45, 7) is 2.22. The highest BCUT2D eigenvalue weighted by Gasteiger charge is 2.37. The smallest absolute Gasteiger partial charge is 0.225 e. The number of amides is 2. The van der Waals surface area contributed by atoms with Gasteiger partial charge in [0.1, 0.15) is 0 Å². The van der Waals surface area contributed by atoms with Crippen LogP contribution in [0.15, 0.2) is 18.7 Å². The quantitative estimate of drug-likeness (QED) is 0.609. The molecule has 138 valence electrons. The summed E-state index contributed by atoms with van der Waals surface area (Å²) in [5.41, 5.74) is 0. The Morgan fingerprint density at radius 1 is 1.20 bits per heavy atom. The lowest BCUT2D eigenvalue weighted by Crippen LogP contribution is -2.38. The number of carbonyl (C=O) groups is 2. The number of aryl methyl sites for hydroxylation is 1. The summed E-state index contributed by atoms with van der Waals surface area (Å²) < 4.78 is 2.04. The SMILES string of the molecule is O=C(NCCCCn1ccnc1)C1CC(=O)N(C2CCCCCC2)C1. The molecule has 6 nitrogen and oxygen atoms in total. The highest BCUT2D eigenvalue weighted by Crippen LogP contribution is 2.28. The van der Waals surface area contributed by atoms with Gasteiger partial charge in [0.15, 0.2) is 0 Å². The van der Waals surface area contributed by atoms with Crippen LogP contribution in [0.4, 0.5) is 0 Å². The van der Waals surface area contributed by atoms with Gasteiger partial charge >= 0.3 is 0 Å². The van der Waals surface area contributed by atoms with Crippen LogP contribution in [0.3, 0.4) is 0 Å². The first-order chi connectivity index (χ1) is 12.2. The molecule has 1 aliphatic carbocycles. The van der Waals surface area contributed by atoms with Crippen molar-refractivity contribution < 1.29 is 9.59 Å². The molecule has 1 atom stereocenters. The fourth-order valence-electron chi connectivity index (χ4n) is 4.02. The van der Waals surface area contributed by atoms with Gasteiger partial charge in [-0.1, -0.05) is 25.7 Å². The summed E-state index contributed by atoms with van der Waals surface area (Å²) in [6, 6.07) is 0.364. The van der Waals surface area contributed by atoms with Crippen LogP contribution in [0.1, 0.15) is 57.8 Å². The highest BCUT2D eigenvalue weighted by molar-refractivity contribution is 5.89. The first kappa shape index (κ1) is 18.0. The fraction of sp³-hybridized carbons (Fsp3) is 0.737. The number of nitrogens with zero attached hydrogens (tertiary/aromatic N) is 3. The Kier molecular flexibility index (Phi) is 6.48. The molecule has 1 aliphatic heterocycles. The lowest BCUT2D eigenvalue weighted by atomic mass is 10.1. The van der Waals surface area contributed by atoms with Crippen molar-refractivity contribution in [1.29, 1.82) is 0 Å². The minimum absolute atomic E-state index is 0.0482. The molecular formula is C19H30N4O2. The lowest BCUT2D eigenvalue weighted by Gasteiger charge is -2.27. The molecule has 0 bridgehead atoms. The maximum absolute atomic E-state index is 12.4. The average Bonchev–Trinajstić information content (AvgIpc) is 3.17. The number of hydrogen-bond acceptors (Lipinski definition) is 3. The summed E-state index contributed by atoms with van der Waals surface area (Å²) >= 11 is 0.